The molecule has 3 fully saturated rings. The molecule has 2 bridgehead atoms. The van der Waals surface area contributed by atoms with Gasteiger partial charge in [0.15, 0.2) is 60.0 Å². The van der Waals surface area contributed by atoms with E-state index >= 15 is 4.39 Å². The molecule has 242 valence electrons. The maximum Gasteiger partial charge on any atom is 0.472 e. The lowest BCUT2D eigenvalue weighted by Crippen LogP contribution is -2.36. The number of anilines is 2. The number of alkyl halides is 1. The highest BCUT2D eigenvalue weighted by Crippen LogP contribution is 2.53. The van der Waals surface area contributed by atoms with Crippen molar-refractivity contribution < 1.29 is 56.2 Å². The predicted octanol–water partition coefficient (Wildman–Crippen LogP) is -1.36. The number of nitrogens with one attached hydrogen (secondary N) is 1. The van der Waals surface area contributed by atoms with E-state index in [1.807, 2.05) is 0 Å². The molecule has 0 amide bonds. The number of aliphatic hydroxyl groups is 1. The number of H-pyrrole nitrogens is 1. The highest BCUT2D eigenvalue weighted by Gasteiger charge is 2.54. The molecule has 8 N–H and O–H groups in total. The smallest absolute Gasteiger partial charge is 0.386 e. The van der Waals surface area contributed by atoms with Gasteiger partial charge in [0, 0.05) is 0 Å². The highest BCUT2D eigenvalue weighted by molar-refractivity contribution is 7.52. The van der Waals surface area contributed by atoms with Crippen LogP contribution in [-0.2, 0) is 36.9 Å². The Labute approximate surface area is 248 Å². The summed E-state index contributed by atoms with van der Waals surface area (Å²) in [6.07, 6.45) is -12.0. The van der Waals surface area contributed by atoms with Crippen molar-refractivity contribution in [3.05, 3.63) is 29.3 Å². The van der Waals surface area contributed by atoms with Crippen LogP contribution in [0.4, 0.5) is 16.2 Å². The van der Waals surface area contributed by atoms with E-state index in [-0.39, 0.29) is 34.1 Å². The molecule has 4 aromatic heterocycles. The minimum atomic E-state index is -5.21. The summed E-state index contributed by atoms with van der Waals surface area (Å²) in [5, 5.41) is 11.1. The van der Waals surface area contributed by atoms with E-state index in [0.717, 1.165) is 17.2 Å². The number of fused-ring (bicyclic) bond motifs is 5. The van der Waals surface area contributed by atoms with Crippen molar-refractivity contribution in [2.45, 2.75) is 49.3 Å². The number of aliphatic hydroxyl groups excluding tert-OH is 1. The quantitative estimate of drug-likeness (QED) is 0.133. The molecule has 0 aromatic carbocycles. The summed E-state index contributed by atoms with van der Waals surface area (Å²) in [6.45, 7) is -0.864. The Kier molecular flexibility index (Phi) is 7.26. The van der Waals surface area contributed by atoms with Gasteiger partial charge in [0.2, 0.25) is 5.95 Å². The van der Waals surface area contributed by atoms with Crippen LogP contribution in [0.1, 0.15) is 12.5 Å². The van der Waals surface area contributed by atoms with Crippen LogP contribution in [-0.4, -0.2) is 104 Å². The minimum Gasteiger partial charge on any atom is -0.386 e. The summed E-state index contributed by atoms with van der Waals surface area (Å²) in [4.78, 5) is 55.6. The van der Waals surface area contributed by atoms with Gasteiger partial charge in [0.05, 0.1) is 19.3 Å². The summed E-state index contributed by atoms with van der Waals surface area (Å²) >= 11 is 0. The molecule has 0 radical (unpaired) electrons. The van der Waals surface area contributed by atoms with Gasteiger partial charge in [-0.1, -0.05) is 0 Å². The lowest BCUT2D eigenvalue weighted by Gasteiger charge is -2.25. The summed E-state index contributed by atoms with van der Waals surface area (Å²) in [6, 6.07) is 0. The van der Waals surface area contributed by atoms with Crippen LogP contribution in [0.15, 0.2) is 23.8 Å². The Morgan fingerprint density at radius 3 is 2.49 bits per heavy atom. The van der Waals surface area contributed by atoms with Crippen molar-refractivity contribution in [1.82, 2.24) is 39.0 Å². The number of phosphoric acid groups is 1. The summed E-state index contributed by atoms with van der Waals surface area (Å²) in [5.74, 6) is -0.294. The van der Waals surface area contributed by atoms with Crippen LogP contribution in [0.5, 0.6) is 0 Å². The van der Waals surface area contributed by atoms with E-state index < -0.39 is 83.3 Å². The molecule has 25 heteroatoms. The van der Waals surface area contributed by atoms with Crippen LogP contribution in [0.25, 0.3) is 22.3 Å². The minimum absolute atomic E-state index is 0.0276. The number of hydrogen-bond donors (Lipinski definition) is 6. The molecular formula is C20H23FN10O12P2. The van der Waals surface area contributed by atoms with Crippen LogP contribution >= 0.6 is 15.4 Å². The van der Waals surface area contributed by atoms with Crippen LogP contribution in [0.2, 0.25) is 0 Å². The second-order valence-electron chi connectivity index (χ2n) is 10.1. The number of aromatic amines is 1. The van der Waals surface area contributed by atoms with Gasteiger partial charge in [0.1, 0.15) is 30.2 Å². The molecular weight excluding hydrogens is 653 g/mol. The molecule has 7 heterocycles. The highest BCUT2D eigenvalue weighted by atomic mass is 31.2. The summed E-state index contributed by atoms with van der Waals surface area (Å²) in [7, 11) is -10.1. The normalized spacial score (nSPS) is 37.7. The SMILES string of the molecule is Nc1nc2c(ncn2[C@@H]2O[C@@H]3OCP(=O)(O)OC4[C@@H](COP(=O)(O)O[C@H]2C3F)O[C@@H](n2cnc3c(N)ncnc32)[C@H]4O)c(=O)[nH]1. The third-order valence-corrected chi connectivity index (χ3v) is 9.20. The van der Waals surface area contributed by atoms with Gasteiger partial charge in [-0.25, -0.2) is 28.9 Å². The largest absolute Gasteiger partial charge is 0.472 e. The fraction of sp³-hybridized carbons (Fsp3) is 0.500. The van der Waals surface area contributed by atoms with Gasteiger partial charge in [-0.15, -0.1) is 0 Å². The van der Waals surface area contributed by atoms with Crippen molar-refractivity contribution in [3.8, 4) is 0 Å². The Balaban J connectivity index is 1.21. The molecule has 4 unspecified atom stereocenters. The van der Waals surface area contributed by atoms with Gasteiger partial charge in [-0.3, -0.25) is 37.0 Å². The zero-order chi connectivity index (χ0) is 31.8. The third kappa shape index (κ3) is 5.30. The fourth-order valence-electron chi connectivity index (χ4n) is 5.21. The lowest BCUT2D eigenvalue weighted by atomic mass is 10.1. The van der Waals surface area contributed by atoms with Crippen molar-refractivity contribution in [1.29, 1.82) is 0 Å². The first-order valence-electron chi connectivity index (χ1n) is 12.9. The predicted molar refractivity (Wildman–Crippen MR) is 142 cm³/mol. The molecule has 3 aliphatic rings. The number of rotatable bonds is 2. The van der Waals surface area contributed by atoms with Crippen molar-refractivity contribution >= 4 is 49.5 Å². The monoisotopic (exact) mass is 676 g/mol. The first-order valence-corrected chi connectivity index (χ1v) is 16.1. The van der Waals surface area contributed by atoms with Crippen LogP contribution in [0.3, 0.4) is 0 Å². The van der Waals surface area contributed by atoms with E-state index in [1.54, 1.807) is 0 Å². The third-order valence-electron chi connectivity index (χ3n) is 7.17. The average molecular weight is 676 g/mol. The Morgan fingerprint density at radius 1 is 0.978 bits per heavy atom. The number of ether oxygens (including phenoxy) is 3. The molecule has 0 aliphatic carbocycles. The number of aromatic nitrogens is 8. The Morgan fingerprint density at radius 2 is 1.71 bits per heavy atom. The van der Waals surface area contributed by atoms with E-state index in [1.165, 1.54) is 10.9 Å². The first-order chi connectivity index (χ1) is 21.3. The fourth-order valence-corrected chi connectivity index (χ4v) is 7.17. The lowest BCUT2D eigenvalue weighted by molar-refractivity contribution is -0.159. The van der Waals surface area contributed by atoms with Gasteiger partial charge in [-0.2, -0.15) is 4.98 Å². The Hall–Kier alpha value is -3.47. The number of imidazole rings is 2. The van der Waals surface area contributed by atoms with Gasteiger partial charge in [0.25, 0.3) is 5.56 Å². The first kappa shape index (κ1) is 30.2. The van der Waals surface area contributed by atoms with Crippen LogP contribution in [0, 0.1) is 0 Å². The maximum atomic E-state index is 15.7. The van der Waals surface area contributed by atoms with Crippen molar-refractivity contribution in [3.63, 3.8) is 0 Å². The zero-order valence-electron chi connectivity index (χ0n) is 22.3. The molecule has 3 aliphatic heterocycles. The molecule has 45 heavy (non-hydrogen) atoms. The molecule has 22 nitrogen and oxygen atoms in total. The van der Waals surface area contributed by atoms with Gasteiger partial charge < -0.3 is 40.6 Å². The molecule has 4 aromatic rings. The van der Waals surface area contributed by atoms with Crippen molar-refractivity contribution in [2.24, 2.45) is 0 Å². The second kappa shape index (κ2) is 10.8. The number of halogens is 1. The van der Waals surface area contributed by atoms with Gasteiger partial charge in [-0.05, 0) is 0 Å². The van der Waals surface area contributed by atoms with Crippen molar-refractivity contribution in [2.75, 3.05) is 24.4 Å². The molecule has 7 rings (SSSR count). The van der Waals surface area contributed by atoms with E-state index in [9.17, 15) is 28.8 Å². The number of phosphoric ester groups is 1. The molecule has 10 atom stereocenters. The van der Waals surface area contributed by atoms with E-state index in [0.29, 0.717) is 0 Å². The zero-order valence-corrected chi connectivity index (χ0v) is 24.1. The number of nitrogens with two attached hydrogens (primary N) is 2. The standard InChI is InChI=1S/C20H23FN10O12P2/c21-7-12-18(31-4-27-9-15(31)28-20(23)29-16(9)33)41-19(7)38-5-44(34,35)42-11-6(1-39-45(36,37)43-12)40-17(10(11)32)30-3-26-8-13(22)24-2-25-14(8)30/h2-4,6-7,10-12,17-19,32H,1,5H2,(H,34,35)(H,36,37)(H2,22,24,25)(H3,23,28,29,33)/t6-,7?,10+,11?,12+,17-,18-,19+/m1/s1. The van der Waals surface area contributed by atoms with E-state index in [2.05, 4.69) is 29.9 Å². The number of nitrogens with zero attached hydrogens (tertiary/aromatic N) is 7. The summed E-state index contributed by atoms with van der Waals surface area (Å²) in [5.41, 5.74) is 10.6. The molecule has 0 spiro atoms. The van der Waals surface area contributed by atoms with Gasteiger partial charge >= 0.3 is 15.4 Å². The number of hydrogen-bond acceptors (Lipinski definition) is 17. The Bertz CT molecular complexity index is 1940. The second-order valence-corrected chi connectivity index (χ2v) is 13.2. The topological polar surface area (TPSA) is 309 Å². The van der Waals surface area contributed by atoms with E-state index in [4.69, 9.17) is 39.2 Å². The number of nitrogen functional groups attached to an aromatic ring is 2. The summed E-state index contributed by atoms with van der Waals surface area (Å²) < 4.78 is 76.3. The maximum absolute atomic E-state index is 15.7. The average Bonchev–Trinajstić information content (AvgIpc) is 3.72. The molecule has 0 saturated carbocycles. The van der Waals surface area contributed by atoms with Crippen LogP contribution < -0.4 is 17.0 Å². The molecule has 3 saturated heterocycles.